The number of nitrogens with two attached hydrogens (primary N) is 1. The summed E-state index contributed by atoms with van der Waals surface area (Å²) in [5, 5.41) is 0. The number of halogens is 1. The van der Waals surface area contributed by atoms with E-state index >= 15 is 0 Å². The van der Waals surface area contributed by atoms with Gasteiger partial charge in [0.15, 0.2) is 0 Å². The zero-order valence-corrected chi connectivity index (χ0v) is 14.5. The molecule has 1 saturated heterocycles. The fraction of sp³-hybridized carbons (Fsp3) is 0.588. The number of rotatable bonds is 2. The van der Waals surface area contributed by atoms with Gasteiger partial charge in [0.1, 0.15) is 5.60 Å². The Labute approximate surface area is 139 Å². The van der Waals surface area contributed by atoms with Crippen molar-refractivity contribution in [3.8, 4) is 0 Å². The Kier molecular flexibility index (Phi) is 6.69. The zero-order valence-electron chi connectivity index (χ0n) is 13.7. The molecule has 1 aliphatic heterocycles. The molecule has 0 spiro atoms. The number of carbonyl (C=O) groups excluding carboxylic acids is 1. The van der Waals surface area contributed by atoms with Crippen LogP contribution in [-0.2, 0) is 11.3 Å². The summed E-state index contributed by atoms with van der Waals surface area (Å²) in [7, 11) is 0. The Bertz CT molecular complexity index is 492. The molecule has 124 valence electrons. The maximum Gasteiger partial charge on any atom is 0.410 e. The third-order valence-corrected chi connectivity index (χ3v) is 3.80. The molecular weight excluding hydrogens is 300 g/mol. The minimum absolute atomic E-state index is 0. The lowest BCUT2D eigenvalue weighted by atomic mass is 9.89. The first-order valence-corrected chi connectivity index (χ1v) is 7.66. The molecule has 0 aromatic heterocycles. The van der Waals surface area contributed by atoms with Gasteiger partial charge in [-0.2, -0.15) is 0 Å². The van der Waals surface area contributed by atoms with E-state index in [1.807, 2.05) is 25.7 Å². The average Bonchev–Trinajstić information content (AvgIpc) is 2.46. The van der Waals surface area contributed by atoms with E-state index in [0.717, 1.165) is 25.9 Å². The van der Waals surface area contributed by atoms with E-state index in [0.29, 0.717) is 12.5 Å². The van der Waals surface area contributed by atoms with Gasteiger partial charge in [0, 0.05) is 19.6 Å². The highest BCUT2D eigenvalue weighted by atomic mass is 35.5. The third-order valence-electron chi connectivity index (χ3n) is 3.80. The molecule has 0 unspecified atom stereocenters. The van der Waals surface area contributed by atoms with Gasteiger partial charge in [0.25, 0.3) is 0 Å². The largest absolute Gasteiger partial charge is 0.444 e. The monoisotopic (exact) mass is 326 g/mol. The first-order chi connectivity index (χ1) is 9.89. The van der Waals surface area contributed by atoms with Crippen molar-refractivity contribution in [2.45, 2.75) is 51.7 Å². The SMILES string of the molecule is CC(C)(C)OC(=O)N1CCC(c2cccc(CN)c2)CC1.Cl. The van der Waals surface area contributed by atoms with E-state index in [1.165, 1.54) is 11.1 Å². The van der Waals surface area contributed by atoms with Crippen molar-refractivity contribution >= 4 is 18.5 Å². The lowest BCUT2D eigenvalue weighted by molar-refractivity contribution is 0.0205. The number of amides is 1. The zero-order chi connectivity index (χ0) is 15.5. The smallest absolute Gasteiger partial charge is 0.410 e. The predicted octanol–water partition coefficient (Wildman–Crippen LogP) is 3.68. The van der Waals surface area contributed by atoms with E-state index in [2.05, 4.69) is 24.3 Å². The molecule has 1 aromatic carbocycles. The van der Waals surface area contributed by atoms with Gasteiger partial charge in [0.2, 0.25) is 0 Å². The van der Waals surface area contributed by atoms with Gasteiger partial charge in [-0.1, -0.05) is 24.3 Å². The molecule has 0 bridgehead atoms. The Morgan fingerprint density at radius 2 is 1.95 bits per heavy atom. The number of piperidine rings is 1. The van der Waals surface area contributed by atoms with Gasteiger partial charge in [-0.3, -0.25) is 0 Å². The van der Waals surface area contributed by atoms with Gasteiger partial charge in [-0.15, -0.1) is 12.4 Å². The minimum atomic E-state index is -0.427. The number of nitrogens with zero attached hydrogens (tertiary/aromatic N) is 1. The van der Waals surface area contributed by atoms with E-state index in [-0.39, 0.29) is 18.5 Å². The number of benzene rings is 1. The molecular formula is C17H27ClN2O2. The van der Waals surface area contributed by atoms with E-state index in [4.69, 9.17) is 10.5 Å². The molecule has 2 N–H and O–H groups in total. The molecule has 5 heteroatoms. The van der Waals surface area contributed by atoms with E-state index in [1.54, 1.807) is 0 Å². The maximum atomic E-state index is 12.0. The molecule has 2 rings (SSSR count). The molecule has 0 atom stereocenters. The fourth-order valence-electron chi connectivity index (χ4n) is 2.70. The highest BCUT2D eigenvalue weighted by Crippen LogP contribution is 2.29. The van der Waals surface area contributed by atoms with Crippen LogP contribution in [0.3, 0.4) is 0 Å². The normalized spacial score (nSPS) is 16.1. The fourth-order valence-corrected chi connectivity index (χ4v) is 2.70. The summed E-state index contributed by atoms with van der Waals surface area (Å²) < 4.78 is 5.43. The van der Waals surface area contributed by atoms with Crippen LogP contribution in [0.4, 0.5) is 4.79 Å². The average molecular weight is 327 g/mol. The number of likely N-dealkylation sites (tertiary alicyclic amines) is 1. The van der Waals surface area contributed by atoms with Crippen molar-refractivity contribution in [2.24, 2.45) is 5.73 Å². The second-order valence-corrected chi connectivity index (χ2v) is 6.69. The van der Waals surface area contributed by atoms with E-state index < -0.39 is 5.60 Å². The summed E-state index contributed by atoms with van der Waals surface area (Å²) in [4.78, 5) is 13.9. The number of hydrogen-bond donors (Lipinski definition) is 1. The lowest BCUT2D eigenvalue weighted by Crippen LogP contribution is -2.41. The molecule has 1 heterocycles. The van der Waals surface area contributed by atoms with Crippen molar-refractivity contribution in [2.75, 3.05) is 13.1 Å². The van der Waals surface area contributed by atoms with Crippen LogP contribution in [0.2, 0.25) is 0 Å². The topological polar surface area (TPSA) is 55.6 Å². The second-order valence-electron chi connectivity index (χ2n) is 6.69. The van der Waals surface area contributed by atoms with Gasteiger partial charge >= 0.3 is 6.09 Å². The molecule has 0 radical (unpaired) electrons. The lowest BCUT2D eigenvalue weighted by Gasteiger charge is -2.33. The van der Waals surface area contributed by atoms with Crippen LogP contribution in [0.5, 0.6) is 0 Å². The molecule has 0 saturated carbocycles. The Morgan fingerprint density at radius 3 is 2.50 bits per heavy atom. The summed E-state index contributed by atoms with van der Waals surface area (Å²) in [6, 6.07) is 8.47. The maximum absolute atomic E-state index is 12.0. The minimum Gasteiger partial charge on any atom is -0.444 e. The molecule has 22 heavy (non-hydrogen) atoms. The van der Waals surface area contributed by atoms with Crippen LogP contribution in [-0.4, -0.2) is 29.7 Å². The number of carbonyl (C=O) groups is 1. The summed E-state index contributed by atoms with van der Waals surface area (Å²) in [6.45, 7) is 7.78. The Hall–Kier alpha value is -1.26. The molecule has 1 amide bonds. The molecule has 1 fully saturated rings. The first kappa shape index (κ1) is 18.8. The van der Waals surface area contributed by atoms with Crippen LogP contribution < -0.4 is 5.73 Å². The summed E-state index contributed by atoms with van der Waals surface area (Å²) in [6.07, 6.45) is 1.76. The highest BCUT2D eigenvalue weighted by molar-refractivity contribution is 5.85. The number of hydrogen-bond acceptors (Lipinski definition) is 3. The van der Waals surface area contributed by atoms with Crippen LogP contribution in [0, 0.1) is 0 Å². The van der Waals surface area contributed by atoms with Crippen molar-refractivity contribution in [1.82, 2.24) is 4.90 Å². The van der Waals surface area contributed by atoms with Crippen molar-refractivity contribution in [3.05, 3.63) is 35.4 Å². The highest BCUT2D eigenvalue weighted by Gasteiger charge is 2.27. The molecule has 4 nitrogen and oxygen atoms in total. The summed E-state index contributed by atoms with van der Waals surface area (Å²) in [5.74, 6) is 0.509. The molecule has 1 aliphatic rings. The molecule has 0 aliphatic carbocycles. The van der Waals surface area contributed by atoms with Gasteiger partial charge in [-0.25, -0.2) is 4.79 Å². The molecule has 1 aromatic rings. The van der Waals surface area contributed by atoms with Crippen LogP contribution >= 0.6 is 12.4 Å². The van der Waals surface area contributed by atoms with Crippen molar-refractivity contribution < 1.29 is 9.53 Å². The van der Waals surface area contributed by atoms with Crippen LogP contribution in [0.1, 0.15) is 50.7 Å². The van der Waals surface area contributed by atoms with Gasteiger partial charge < -0.3 is 15.4 Å². The Balaban J connectivity index is 0.00000242. The predicted molar refractivity (Wildman–Crippen MR) is 91.4 cm³/mol. The first-order valence-electron chi connectivity index (χ1n) is 7.66. The standard InChI is InChI=1S/C17H26N2O2.ClH/c1-17(2,3)21-16(20)19-9-7-14(8-10-19)15-6-4-5-13(11-15)12-18;/h4-6,11,14H,7-10,12,18H2,1-3H3;1H. The Morgan fingerprint density at radius 1 is 1.32 bits per heavy atom. The second kappa shape index (κ2) is 7.84. The third kappa shape index (κ3) is 5.18. The van der Waals surface area contributed by atoms with Gasteiger partial charge in [0.05, 0.1) is 0 Å². The summed E-state index contributed by atoms with van der Waals surface area (Å²) in [5.41, 5.74) is 7.78. The quantitative estimate of drug-likeness (QED) is 0.902. The van der Waals surface area contributed by atoms with Crippen LogP contribution in [0.15, 0.2) is 24.3 Å². The van der Waals surface area contributed by atoms with Crippen molar-refractivity contribution in [1.29, 1.82) is 0 Å². The van der Waals surface area contributed by atoms with Crippen LogP contribution in [0.25, 0.3) is 0 Å². The number of ether oxygens (including phenoxy) is 1. The van der Waals surface area contributed by atoms with E-state index in [9.17, 15) is 4.79 Å². The van der Waals surface area contributed by atoms with Gasteiger partial charge in [-0.05, 0) is 50.7 Å². The summed E-state index contributed by atoms with van der Waals surface area (Å²) >= 11 is 0. The van der Waals surface area contributed by atoms with Crippen molar-refractivity contribution in [3.63, 3.8) is 0 Å².